The number of aliphatic imine (C=N–C) groups is 1. The van der Waals surface area contributed by atoms with Crippen molar-refractivity contribution in [3.8, 4) is 0 Å². The summed E-state index contributed by atoms with van der Waals surface area (Å²) in [6.45, 7) is 1.28. The quantitative estimate of drug-likeness (QED) is 0.346. The van der Waals surface area contributed by atoms with Crippen molar-refractivity contribution in [1.29, 1.82) is 0 Å². The molecule has 2 unspecified atom stereocenters. The molecular formula is C22H33F2N7O2. The summed E-state index contributed by atoms with van der Waals surface area (Å²) in [7, 11) is 1.77. The van der Waals surface area contributed by atoms with E-state index >= 15 is 0 Å². The van der Waals surface area contributed by atoms with Crippen LogP contribution in [0.2, 0.25) is 0 Å². The van der Waals surface area contributed by atoms with Crippen molar-refractivity contribution in [1.82, 2.24) is 31.1 Å². The molecule has 0 spiro atoms. The van der Waals surface area contributed by atoms with E-state index in [2.05, 4.69) is 39.4 Å². The third-order valence-corrected chi connectivity index (χ3v) is 7.05. The Morgan fingerprint density at radius 1 is 1.36 bits per heavy atom. The molecule has 11 heteroatoms. The van der Waals surface area contributed by atoms with Crippen LogP contribution in [0.1, 0.15) is 32.1 Å². The molecule has 5 N–H and O–H groups in total. The molecular weight excluding hydrogens is 432 g/mol. The fourth-order valence-corrected chi connectivity index (χ4v) is 4.95. The number of halogens is 2. The van der Waals surface area contributed by atoms with Crippen molar-refractivity contribution >= 4 is 6.34 Å². The SMILES string of the molecule is CN1C2=C[C@@H](C[C@H]3CC3(F)F)NN2CC[C@H](NC(O)[C@H]2N=CN(CC3=CC=CCC3)N2)C1O. The van der Waals surface area contributed by atoms with Gasteiger partial charge in [0, 0.05) is 32.0 Å². The minimum atomic E-state index is -2.53. The Balaban J connectivity index is 1.14. The molecule has 0 aromatic rings. The molecule has 6 atom stereocenters. The van der Waals surface area contributed by atoms with Crippen LogP contribution < -0.4 is 16.2 Å². The third-order valence-electron chi connectivity index (χ3n) is 7.05. The maximum atomic E-state index is 13.3. The van der Waals surface area contributed by atoms with Crippen LogP contribution in [-0.2, 0) is 0 Å². The van der Waals surface area contributed by atoms with Crippen LogP contribution >= 0.6 is 0 Å². The van der Waals surface area contributed by atoms with Crippen LogP contribution in [0.15, 0.2) is 40.7 Å². The van der Waals surface area contributed by atoms with Gasteiger partial charge in [0.25, 0.3) is 5.92 Å². The number of aliphatic hydroxyl groups excluding tert-OH is 2. The number of likely N-dealkylation sites (N-methyl/N-ethyl adjacent to an activating group) is 1. The Labute approximate surface area is 192 Å². The molecule has 2 aliphatic carbocycles. The second kappa shape index (κ2) is 8.95. The Morgan fingerprint density at radius 3 is 2.91 bits per heavy atom. The molecule has 9 nitrogen and oxygen atoms in total. The molecule has 1 saturated carbocycles. The van der Waals surface area contributed by atoms with Crippen molar-refractivity contribution in [3.05, 3.63) is 35.7 Å². The number of hydrogen-bond donors (Lipinski definition) is 5. The molecule has 3 heterocycles. The fraction of sp³-hybridized carbons (Fsp3) is 0.682. The van der Waals surface area contributed by atoms with Gasteiger partial charge in [-0.1, -0.05) is 18.2 Å². The normalized spacial score (nSPS) is 35.9. The Kier molecular flexibility index (Phi) is 6.17. The summed E-state index contributed by atoms with van der Waals surface area (Å²) in [5, 5.41) is 28.6. The highest BCUT2D eigenvalue weighted by Gasteiger charge is 2.57. The Hall–Kier alpha value is -2.05. The van der Waals surface area contributed by atoms with Crippen LogP contribution in [0.5, 0.6) is 0 Å². The minimum Gasteiger partial charge on any atom is -0.375 e. The first kappa shape index (κ1) is 22.7. The number of allylic oxidation sites excluding steroid dienone is 3. The van der Waals surface area contributed by atoms with Gasteiger partial charge in [0.1, 0.15) is 24.6 Å². The number of nitrogens with zero attached hydrogens (tertiary/aromatic N) is 4. The molecule has 0 aromatic heterocycles. The highest BCUT2D eigenvalue weighted by molar-refractivity contribution is 5.57. The van der Waals surface area contributed by atoms with E-state index in [0.717, 1.165) is 18.7 Å². The summed E-state index contributed by atoms with van der Waals surface area (Å²) < 4.78 is 26.6. The monoisotopic (exact) mass is 465 g/mol. The molecule has 0 amide bonds. The highest BCUT2D eigenvalue weighted by atomic mass is 19.3. The lowest BCUT2D eigenvalue weighted by molar-refractivity contribution is -0.0182. The summed E-state index contributed by atoms with van der Waals surface area (Å²) in [6.07, 6.45) is 10.4. The zero-order chi connectivity index (χ0) is 23.2. The Morgan fingerprint density at radius 2 is 2.18 bits per heavy atom. The standard InChI is InChI=1S/C22H33F2N7O2/c1-29-18-10-16(9-15-11-22(15,23)24)27-31(18)8-7-17(21(29)33)26-20(32)19-25-13-30(28-19)12-14-5-3-2-4-6-14/h2-3,5,10,13,15-17,19-21,26-28,32-33H,4,6-9,11-12H2,1H3/t15-,16+,17-,19-,20?,21?/m0/s1. The van der Waals surface area contributed by atoms with Gasteiger partial charge in [0.15, 0.2) is 6.17 Å². The summed E-state index contributed by atoms with van der Waals surface area (Å²) in [5.41, 5.74) is 7.76. The molecule has 0 aromatic carbocycles. The minimum absolute atomic E-state index is 0.0412. The molecule has 2 fully saturated rings. The van der Waals surface area contributed by atoms with E-state index in [9.17, 15) is 19.0 Å². The van der Waals surface area contributed by atoms with Crippen molar-refractivity contribution < 1.29 is 19.0 Å². The van der Waals surface area contributed by atoms with Gasteiger partial charge in [0.05, 0.1) is 12.6 Å². The van der Waals surface area contributed by atoms with E-state index in [4.69, 9.17) is 0 Å². The van der Waals surface area contributed by atoms with E-state index in [1.165, 1.54) is 5.57 Å². The van der Waals surface area contributed by atoms with E-state index in [1.54, 1.807) is 18.3 Å². The molecule has 1 saturated heterocycles. The second-order valence-corrected chi connectivity index (χ2v) is 9.60. The first-order valence-electron chi connectivity index (χ1n) is 11.7. The predicted octanol–water partition coefficient (Wildman–Crippen LogP) is 0.443. The largest absolute Gasteiger partial charge is 0.375 e. The number of alkyl halides is 2. The first-order chi connectivity index (χ1) is 15.8. The van der Waals surface area contributed by atoms with Gasteiger partial charge >= 0.3 is 0 Å². The summed E-state index contributed by atoms with van der Waals surface area (Å²) in [6, 6.07) is -0.567. The lowest BCUT2D eigenvalue weighted by Crippen LogP contribution is -2.56. The molecule has 0 radical (unpaired) electrons. The smallest absolute Gasteiger partial charge is 0.251 e. The molecule has 3 aliphatic heterocycles. The average molecular weight is 466 g/mol. The van der Waals surface area contributed by atoms with Crippen molar-refractivity contribution in [2.75, 3.05) is 20.1 Å². The van der Waals surface area contributed by atoms with Crippen molar-refractivity contribution in [2.24, 2.45) is 10.9 Å². The molecule has 182 valence electrons. The number of hydrogen-bond acceptors (Lipinski definition) is 9. The lowest BCUT2D eigenvalue weighted by Gasteiger charge is -2.33. The lowest BCUT2D eigenvalue weighted by atomic mass is 10.1. The zero-order valence-corrected chi connectivity index (χ0v) is 18.7. The van der Waals surface area contributed by atoms with Gasteiger partial charge in [-0.3, -0.25) is 15.3 Å². The molecule has 0 bridgehead atoms. The van der Waals surface area contributed by atoms with Gasteiger partial charge < -0.3 is 15.1 Å². The third kappa shape index (κ3) is 4.92. The van der Waals surface area contributed by atoms with Crippen LogP contribution in [-0.4, -0.2) is 88.2 Å². The zero-order valence-electron chi connectivity index (χ0n) is 18.7. The van der Waals surface area contributed by atoms with E-state index in [1.807, 2.05) is 16.1 Å². The first-order valence-corrected chi connectivity index (χ1v) is 11.7. The van der Waals surface area contributed by atoms with Gasteiger partial charge in [-0.2, -0.15) is 0 Å². The van der Waals surface area contributed by atoms with Crippen LogP contribution in [0, 0.1) is 5.92 Å². The van der Waals surface area contributed by atoms with Crippen molar-refractivity contribution in [2.45, 2.75) is 68.7 Å². The maximum absolute atomic E-state index is 13.3. The van der Waals surface area contributed by atoms with Gasteiger partial charge in [0.2, 0.25) is 0 Å². The maximum Gasteiger partial charge on any atom is 0.251 e. The summed E-state index contributed by atoms with van der Waals surface area (Å²) in [5.74, 6) is -2.33. The second-order valence-electron chi connectivity index (χ2n) is 9.60. The number of aliphatic hydroxyl groups is 2. The van der Waals surface area contributed by atoms with Crippen LogP contribution in [0.3, 0.4) is 0 Å². The van der Waals surface area contributed by atoms with Gasteiger partial charge in [-0.15, -0.1) is 0 Å². The fourth-order valence-electron chi connectivity index (χ4n) is 4.95. The number of rotatable bonds is 7. The average Bonchev–Trinajstić information content (AvgIpc) is 3.14. The van der Waals surface area contributed by atoms with Crippen molar-refractivity contribution in [3.63, 3.8) is 0 Å². The number of nitrogens with one attached hydrogen (secondary N) is 3. The van der Waals surface area contributed by atoms with E-state index in [0.29, 0.717) is 25.9 Å². The number of hydrazine groups is 2. The van der Waals surface area contributed by atoms with Crippen LogP contribution in [0.4, 0.5) is 8.78 Å². The van der Waals surface area contributed by atoms with Gasteiger partial charge in [-0.25, -0.2) is 24.6 Å². The highest BCUT2D eigenvalue weighted by Crippen LogP contribution is 2.51. The molecule has 33 heavy (non-hydrogen) atoms. The summed E-state index contributed by atoms with van der Waals surface area (Å²) >= 11 is 0. The van der Waals surface area contributed by atoms with Gasteiger partial charge in [-0.05, 0) is 37.3 Å². The topological polar surface area (TPSA) is 98.6 Å². The molecule has 5 aliphatic rings. The number of fused-ring (bicyclic) bond motifs is 1. The van der Waals surface area contributed by atoms with E-state index < -0.39 is 36.5 Å². The summed E-state index contributed by atoms with van der Waals surface area (Å²) in [4.78, 5) is 6.09. The molecule has 5 rings (SSSR count). The van der Waals surface area contributed by atoms with E-state index in [-0.39, 0.29) is 12.5 Å². The Bertz CT molecular complexity index is 864. The van der Waals surface area contributed by atoms with Crippen LogP contribution in [0.25, 0.3) is 0 Å². The predicted molar refractivity (Wildman–Crippen MR) is 119 cm³/mol.